The summed E-state index contributed by atoms with van der Waals surface area (Å²) < 4.78 is 2.34. The molecule has 100 valence electrons. The zero-order valence-electron chi connectivity index (χ0n) is 11.2. The third-order valence-corrected chi connectivity index (χ3v) is 4.30. The largest absolute Gasteiger partial charge is 0.317 e. The quantitative estimate of drug-likeness (QED) is 0.860. The highest BCUT2D eigenvalue weighted by Crippen LogP contribution is 2.17. The molecule has 3 rings (SSSR count). The van der Waals surface area contributed by atoms with Gasteiger partial charge in [-0.1, -0.05) is 0 Å². The van der Waals surface area contributed by atoms with Gasteiger partial charge in [-0.15, -0.1) is 10.2 Å². The van der Waals surface area contributed by atoms with Gasteiger partial charge in [0.2, 0.25) is 0 Å². The molecular formula is C13H23N5. The van der Waals surface area contributed by atoms with Crippen LogP contribution in [0.2, 0.25) is 0 Å². The van der Waals surface area contributed by atoms with Crippen LogP contribution in [0.1, 0.15) is 37.3 Å². The summed E-state index contributed by atoms with van der Waals surface area (Å²) in [7, 11) is 2.06. The molecule has 0 atom stereocenters. The minimum absolute atomic E-state index is 0.702. The molecular weight excluding hydrogens is 226 g/mol. The fourth-order valence-electron chi connectivity index (χ4n) is 3.07. The number of rotatable bonds is 3. The average Bonchev–Trinajstić information content (AvgIpc) is 2.83. The molecule has 5 heteroatoms. The van der Waals surface area contributed by atoms with E-state index in [1.54, 1.807) is 0 Å². The molecule has 0 spiro atoms. The van der Waals surface area contributed by atoms with Crippen molar-refractivity contribution in [2.24, 2.45) is 0 Å². The minimum Gasteiger partial charge on any atom is -0.317 e. The van der Waals surface area contributed by atoms with Gasteiger partial charge in [0.25, 0.3) is 0 Å². The molecule has 1 aromatic rings. The van der Waals surface area contributed by atoms with E-state index >= 15 is 0 Å². The van der Waals surface area contributed by atoms with E-state index in [1.807, 2.05) is 0 Å². The van der Waals surface area contributed by atoms with E-state index in [-0.39, 0.29) is 0 Å². The molecule has 1 aromatic heterocycles. The van der Waals surface area contributed by atoms with Crippen LogP contribution in [0.25, 0.3) is 0 Å². The predicted molar refractivity (Wildman–Crippen MR) is 70.3 cm³/mol. The number of nitrogens with zero attached hydrogens (tertiary/aromatic N) is 4. The Morgan fingerprint density at radius 3 is 2.78 bits per heavy atom. The molecule has 18 heavy (non-hydrogen) atoms. The van der Waals surface area contributed by atoms with Gasteiger partial charge in [-0.2, -0.15) is 0 Å². The summed E-state index contributed by atoms with van der Waals surface area (Å²) in [5.74, 6) is 2.37. The number of nitrogens with one attached hydrogen (secondary N) is 1. The first kappa shape index (κ1) is 12.1. The summed E-state index contributed by atoms with van der Waals surface area (Å²) in [6, 6.07) is 0.702. The number of hydrogen-bond donors (Lipinski definition) is 1. The Kier molecular flexibility index (Phi) is 3.61. The molecule has 1 N–H and O–H groups in total. The zero-order chi connectivity index (χ0) is 12.4. The molecule has 0 aliphatic carbocycles. The van der Waals surface area contributed by atoms with E-state index in [0.29, 0.717) is 6.04 Å². The number of likely N-dealkylation sites (tertiary alicyclic amines) is 1. The van der Waals surface area contributed by atoms with Crippen LogP contribution in [0, 0.1) is 0 Å². The van der Waals surface area contributed by atoms with E-state index in [2.05, 4.69) is 32.0 Å². The van der Waals surface area contributed by atoms with Crippen LogP contribution >= 0.6 is 0 Å². The summed E-state index contributed by atoms with van der Waals surface area (Å²) in [5.41, 5.74) is 0. The third kappa shape index (κ3) is 2.42. The molecule has 0 unspecified atom stereocenters. The maximum atomic E-state index is 4.39. The Labute approximate surface area is 109 Å². The van der Waals surface area contributed by atoms with E-state index in [0.717, 1.165) is 19.5 Å². The van der Waals surface area contributed by atoms with Crippen LogP contribution in [0.3, 0.4) is 0 Å². The van der Waals surface area contributed by atoms with E-state index in [9.17, 15) is 0 Å². The lowest BCUT2D eigenvalue weighted by Gasteiger charge is -2.31. The molecule has 0 saturated carbocycles. The van der Waals surface area contributed by atoms with E-state index < -0.39 is 0 Å². The number of aryl methyl sites for hydroxylation is 1. The molecule has 1 saturated heterocycles. The molecule has 0 bridgehead atoms. The van der Waals surface area contributed by atoms with Crippen LogP contribution < -0.4 is 5.32 Å². The lowest BCUT2D eigenvalue weighted by atomic mass is 10.1. The van der Waals surface area contributed by atoms with Gasteiger partial charge < -0.3 is 9.88 Å². The van der Waals surface area contributed by atoms with Crippen LogP contribution in [-0.2, 0) is 19.5 Å². The van der Waals surface area contributed by atoms with Crippen LogP contribution in [0.5, 0.6) is 0 Å². The molecule has 1 fully saturated rings. The van der Waals surface area contributed by atoms with Crippen molar-refractivity contribution < 1.29 is 0 Å². The summed E-state index contributed by atoms with van der Waals surface area (Å²) in [6.45, 7) is 4.44. The molecule has 2 aliphatic heterocycles. The Morgan fingerprint density at radius 1 is 1.17 bits per heavy atom. The molecule has 3 heterocycles. The Bertz CT molecular complexity index is 392. The lowest BCUT2D eigenvalue weighted by Crippen LogP contribution is -2.41. The average molecular weight is 249 g/mol. The first-order valence-electron chi connectivity index (χ1n) is 7.17. The van der Waals surface area contributed by atoms with E-state index in [4.69, 9.17) is 0 Å². The van der Waals surface area contributed by atoms with Crippen molar-refractivity contribution in [1.82, 2.24) is 25.0 Å². The van der Waals surface area contributed by atoms with Crippen LogP contribution in [-0.4, -0.2) is 45.8 Å². The van der Waals surface area contributed by atoms with Crippen molar-refractivity contribution in [2.75, 3.05) is 20.1 Å². The first-order chi connectivity index (χ1) is 8.86. The molecule has 5 nitrogen and oxygen atoms in total. The molecule has 0 aromatic carbocycles. The van der Waals surface area contributed by atoms with Gasteiger partial charge in [0.15, 0.2) is 0 Å². The fraction of sp³-hybridized carbons (Fsp3) is 0.846. The van der Waals surface area contributed by atoms with Gasteiger partial charge in [0.05, 0.1) is 6.54 Å². The Morgan fingerprint density at radius 2 is 2.00 bits per heavy atom. The highest BCUT2D eigenvalue weighted by atomic mass is 15.3. The summed E-state index contributed by atoms with van der Waals surface area (Å²) >= 11 is 0. The van der Waals surface area contributed by atoms with Crippen molar-refractivity contribution in [3.05, 3.63) is 11.6 Å². The molecule has 0 radical (unpaired) electrons. The second-order valence-electron chi connectivity index (χ2n) is 5.48. The van der Waals surface area contributed by atoms with Gasteiger partial charge in [0.1, 0.15) is 11.6 Å². The molecule has 2 aliphatic rings. The van der Waals surface area contributed by atoms with Crippen molar-refractivity contribution in [3.8, 4) is 0 Å². The van der Waals surface area contributed by atoms with Gasteiger partial charge in [-0.3, -0.25) is 4.90 Å². The Hall–Kier alpha value is -0.940. The highest BCUT2D eigenvalue weighted by Gasteiger charge is 2.21. The zero-order valence-corrected chi connectivity index (χ0v) is 11.2. The number of hydrogen-bond acceptors (Lipinski definition) is 4. The van der Waals surface area contributed by atoms with Crippen molar-refractivity contribution >= 4 is 0 Å². The lowest BCUT2D eigenvalue weighted by molar-refractivity contribution is 0.187. The summed E-state index contributed by atoms with van der Waals surface area (Å²) in [5, 5.41) is 12.1. The summed E-state index contributed by atoms with van der Waals surface area (Å²) in [6.07, 6.45) is 6.15. The fourth-order valence-corrected chi connectivity index (χ4v) is 3.07. The van der Waals surface area contributed by atoms with Gasteiger partial charge in [-0.05, 0) is 32.7 Å². The van der Waals surface area contributed by atoms with Crippen molar-refractivity contribution in [1.29, 1.82) is 0 Å². The van der Waals surface area contributed by atoms with Crippen molar-refractivity contribution in [2.45, 2.75) is 51.2 Å². The smallest absolute Gasteiger partial charge is 0.147 e. The molecule has 0 amide bonds. The first-order valence-corrected chi connectivity index (χ1v) is 7.17. The Balaban J connectivity index is 1.61. The van der Waals surface area contributed by atoms with Crippen LogP contribution in [0.15, 0.2) is 0 Å². The normalized spacial score (nSPS) is 22.1. The number of fused-ring (bicyclic) bond motifs is 1. The SMILES string of the molecule is CNC1CCN(Cc2nnc3n2CCCC3)CC1. The summed E-state index contributed by atoms with van der Waals surface area (Å²) in [4.78, 5) is 2.51. The second-order valence-corrected chi connectivity index (χ2v) is 5.48. The second kappa shape index (κ2) is 5.36. The maximum Gasteiger partial charge on any atom is 0.147 e. The minimum atomic E-state index is 0.702. The highest BCUT2D eigenvalue weighted by molar-refractivity contribution is 4.99. The number of piperidine rings is 1. The third-order valence-electron chi connectivity index (χ3n) is 4.30. The maximum absolute atomic E-state index is 4.39. The monoisotopic (exact) mass is 249 g/mol. The topological polar surface area (TPSA) is 46.0 Å². The van der Waals surface area contributed by atoms with Gasteiger partial charge >= 0.3 is 0 Å². The predicted octanol–water partition coefficient (Wildman–Crippen LogP) is 0.798. The van der Waals surface area contributed by atoms with E-state index in [1.165, 1.54) is 50.4 Å². The number of aromatic nitrogens is 3. The van der Waals surface area contributed by atoms with Gasteiger partial charge in [-0.25, -0.2) is 0 Å². The van der Waals surface area contributed by atoms with Gasteiger partial charge in [0, 0.05) is 32.1 Å². The standard InChI is InChI=1S/C13H23N5/c1-14-11-5-8-17(9-6-11)10-13-16-15-12-4-2-3-7-18(12)13/h11,14H,2-10H2,1H3. The van der Waals surface area contributed by atoms with Crippen molar-refractivity contribution in [3.63, 3.8) is 0 Å². The van der Waals surface area contributed by atoms with Crippen LogP contribution in [0.4, 0.5) is 0 Å².